The molecule has 1 saturated heterocycles. The summed E-state index contributed by atoms with van der Waals surface area (Å²) in [4.78, 5) is 23.5. The van der Waals surface area contributed by atoms with Gasteiger partial charge in [0.2, 0.25) is 0 Å². The van der Waals surface area contributed by atoms with Crippen molar-refractivity contribution in [3.8, 4) is 0 Å². The van der Waals surface area contributed by atoms with Gasteiger partial charge in [-0.2, -0.15) is 4.37 Å². The summed E-state index contributed by atoms with van der Waals surface area (Å²) in [7, 11) is 0. The molecule has 2 aromatic heterocycles. The molecule has 8 heteroatoms. The number of rotatable bonds is 2. The topological polar surface area (TPSA) is 79.7 Å². The first kappa shape index (κ1) is 16.3. The Morgan fingerprint density at radius 1 is 1.22 bits per heavy atom. The molecule has 3 aromatic rings. The van der Waals surface area contributed by atoms with Crippen LogP contribution in [0.4, 0.5) is 5.69 Å². The summed E-state index contributed by atoms with van der Waals surface area (Å²) in [6.07, 6.45) is 1.78. The van der Waals surface area contributed by atoms with Crippen molar-refractivity contribution in [3.05, 3.63) is 53.5 Å². The van der Waals surface area contributed by atoms with E-state index < -0.39 is 0 Å². The Kier molecular flexibility index (Phi) is 4.06. The molecule has 136 valence electrons. The number of amidine groups is 1. The van der Waals surface area contributed by atoms with Crippen molar-refractivity contribution in [2.24, 2.45) is 4.99 Å². The predicted molar refractivity (Wildman–Crippen MR) is 104 cm³/mol. The zero-order valence-corrected chi connectivity index (χ0v) is 15.3. The smallest absolute Gasteiger partial charge is 0.274 e. The molecule has 27 heavy (non-hydrogen) atoms. The van der Waals surface area contributed by atoms with Crippen LogP contribution in [0.1, 0.15) is 21.7 Å². The van der Waals surface area contributed by atoms with Crippen molar-refractivity contribution in [1.82, 2.24) is 14.3 Å². The fourth-order valence-electron chi connectivity index (χ4n) is 3.34. The number of carbonyl (C=O) groups excluding carboxylic acids is 1. The van der Waals surface area contributed by atoms with Gasteiger partial charge in [0.15, 0.2) is 5.84 Å². The number of benzene rings is 1. The van der Waals surface area contributed by atoms with E-state index >= 15 is 0 Å². The highest BCUT2D eigenvalue weighted by Crippen LogP contribution is 2.28. The third kappa shape index (κ3) is 2.96. The molecule has 4 heterocycles. The van der Waals surface area contributed by atoms with E-state index in [1.54, 1.807) is 11.1 Å². The van der Waals surface area contributed by atoms with Gasteiger partial charge in [0.05, 0.1) is 24.5 Å². The summed E-state index contributed by atoms with van der Waals surface area (Å²) in [6, 6.07) is 9.87. The summed E-state index contributed by atoms with van der Waals surface area (Å²) >= 11 is 1.34. The first-order chi connectivity index (χ1) is 13.3. The van der Waals surface area contributed by atoms with Crippen molar-refractivity contribution in [3.63, 3.8) is 0 Å². The summed E-state index contributed by atoms with van der Waals surface area (Å²) < 4.78 is 10.7. The van der Waals surface area contributed by atoms with E-state index in [9.17, 15) is 4.79 Å². The van der Waals surface area contributed by atoms with Crippen molar-refractivity contribution < 1.29 is 9.53 Å². The van der Waals surface area contributed by atoms with Crippen LogP contribution in [0.15, 0.2) is 41.5 Å². The third-order valence-electron chi connectivity index (χ3n) is 4.76. The fourth-order valence-corrected chi connectivity index (χ4v) is 4.15. The lowest BCUT2D eigenvalue weighted by Gasteiger charge is -2.26. The molecule has 1 fully saturated rings. The zero-order chi connectivity index (χ0) is 18.2. The molecule has 2 aliphatic heterocycles. The summed E-state index contributed by atoms with van der Waals surface area (Å²) in [6.45, 7) is 3.04. The second-order valence-electron chi connectivity index (χ2n) is 6.45. The van der Waals surface area contributed by atoms with Crippen molar-refractivity contribution in [2.75, 3.05) is 31.6 Å². The van der Waals surface area contributed by atoms with E-state index in [-0.39, 0.29) is 5.91 Å². The van der Waals surface area contributed by atoms with Crippen LogP contribution in [0.3, 0.4) is 0 Å². The van der Waals surface area contributed by atoms with E-state index in [4.69, 9.17) is 4.74 Å². The molecular weight excluding hydrogens is 362 g/mol. The van der Waals surface area contributed by atoms with Crippen LogP contribution < -0.4 is 5.32 Å². The number of fused-ring (bicyclic) bond motifs is 2. The van der Waals surface area contributed by atoms with Crippen LogP contribution in [0, 0.1) is 0 Å². The number of morpholine rings is 1. The second-order valence-corrected chi connectivity index (χ2v) is 7.25. The van der Waals surface area contributed by atoms with Gasteiger partial charge in [0.25, 0.3) is 5.91 Å². The van der Waals surface area contributed by atoms with Crippen LogP contribution in [-0.4, -0.2) is 52.3 Å². The summed E-state index contributed by atoms with van der Waals surface area (Å²) in [5, 5.41) is 4.23. The Labute approximate surface area is 159 Å². The van der Waals surface area contributed by atoms with Gasteiger partial charge in [-0.3, -0.25) is 14.8 Å². The van der Waals surface area contributed by atoms with Gasteiger partial charge < -0.3 is 15.0 Å². The molecule has 7 nitrogen and oxygen atoms in total. The Balaban J connectivity index is 1.40. The number of aliphatic imine (C=N–C) groups is 1. The molecular formula is C19H17N5O2S. The predicted octanol–water partition coefficient (Wildman–Crippen LogP) is 2.54. The fraction of sp³-hybridized carbons (Fsp3) is 0.263. The molecule has 1 N–H and O–H groups in total. The van der Waals surface area contributed by atoms with Crippen LogP contribution in [-0.2, 0) is 11.3 Å². The highest BCUT2D eigenvalue weighted by atomic mass is 32.1. The van der Waals surface area contributed by atoms with E-state index in [1.807, 2.05) is 30.3 Å². The summed E-state index contributed by atoms with van der Waals surface area (Å²) in [5.74, 6) is 0.752. The molecule has 0 bridgehead atoms. The lowest BCUT2D eigenvalue weighted by atomic mass is 10.1. The van der Waals surface area contributed by atoms with Gasteiger partial charge in [0.1, 0.15) is 11.4 Å². The molecule has 1 aromatic carbocycles. The quantitative estimate of drug-likeness (QED) is 0.740. The minimum absolute atomic E-state index is 0.0245. The number of carbonyl (C=O) groups is 1. The Morgan fingerprint density at radius 2 is 2.11 bits per heavy atom. The second kappa shape index (κ2) is 6.71. The number of pyridine rings is 1. The number of nitrogens with one attached hydrogen (secondary N) is 1. The molecule has 0 atom stereocenters. The first-order valence-corrected chi connectivity index (χ1v) is 9.59. The van der Waals surface area contributed by atoms with E-state index in [2.05, 4.69) is 19.7 Å². The molecule has 0 spiro atoms. The van der Waals surface area contributed by atoms with Crippen molar-refractivity contribution >= 4 is 39.0 Å². The largest absolute Gasteiger partial charge is 0.378 e. The highest BCUT2D eigenvalue weighted by Gasteiger charge is 2.23. The Hall–Kier alpha value is -2.84. The Morgan fingerprint density at radius 3 is 3.00 bits per heavy atom. The highest BCUT2D eigenvalue weighted by molar-refractivity contribution is 7.13. The number of nitrogens with zero attached hydrogens (tertiary/aromatic N) is 4. The number of hydrogen-bond donors (Lipinski definition) is 1. The summed E-state index contributed by atoms with van der Waals surface area (Å²) in [5.41, 5.74) is 3.45. The van der Waals surface area contributed by atoms with Gasteiger partial charge in [-0.25, -0.2) is 0 Å². The standard InChI is InChI=1S/C19H17N5O2S/c25-19(24-6-8-26-9-7-24)17-14-4-3-13(10-15(14)27-23-17)22-18-16-12(11-21-18)2-1-5-20-16/h1-5,10H,6-9,11H2,(H,21,22). The van der Waals surface area contributed by atoms with Gasteiger partial charge >= 0.3 is 0 Å². The van der Waals surface area contributed by atoms with Crippen LogP contribution >= 0.6 is 11.5 Å². The van der Waals surface area contributed by atoms with Gasteiger partial charge in [0, 0.05) is 35.9 Å². The van der Waals surface area contributed by atoms with Gasteiger partial charge in [-0.1, -0.05) is 6.07 Å². The number of anilines is 1. The molecule has 0 saturated carbocycles. The van der Waals surface area contributed by atoms with Gasteiger partial charge in [-0.15, -0.1) is 0 Å². The lowest BCUT2D eigenvalue weighted by molar-refractivity contribution is 0.0301. The molecule has 2 aliphatic rings. The average molecular weight is 379 g/mol. The van der Waals surface area contributed by atoms with E-state index in [1.165, 1.54) is 11.5 Å². The number of amides is 1. The van der Waals surface area contributed by atoms with Crippen molar-refractivity contribution in [2.45, 2.75) is 6.54 Å². The number of hydrogen-bond acceptors (Lipinski definition) is 7. The maximum atomic E-state index is 12.7. The first-order valence-electron chi connectivity index (χ1n) is 8.82. The maximum absolute atomic E-state index is 12.7. The molecule has 0 aliphatic carbocycles. The molecule has 0 unspecified atom stereocenters. The SMILES string of the molecule is O=C(c1nsc2cc(NC3=NCc4cccnc43)ccc12)N1CCOCC1. The Bertz CT molecular complexity index is 1060. The minimum atomic E-state index is -0.0245. The average Bonchev–Trinajstić information content (AvgIpc) is 3.32. The number of ether oxygens (including phenoxy) is 1. The minimum Gasteiger partial charge on any atom is -0.378 e. The molecule has 0 radical (unpaired) electrons. The normalized spacial score (nSPS) is 16.3. The molecule has 5 rings (SSSR count). The third-order valence-corrected chi connectivity index (χ3v) is 5.57. The van der Waals surface area contributed by atoms with Crippen LogP contribution in [0.25, 0.3) is 10.1 Å². The maximum Gasteiger partial charge on any atom is 0.274 e. The van der Waals surface area contributed by atoms with Crippen LogP contribution in [0.2, 0.25) is 0 Å². The number of aromatic nitrogens is 2. The van der Waals surface area contributed by atoms with Gasteiger partial charge in [-0.05, 0) is 35.8 Å². The monoisotopic (exact) mass is 379 g/mol. The van der Waals surface area contributed by atoms with Crippen LogP contribution in [0.5, 0.6) is 0 Å². The molecule has 1 amide bonds. The zero-order valence-electron chi connectivity index (χ0n) is 14.5. The lowest BCUT2D eigenvalue weighted by Crippen LogP contribution is -2.40. The van der Waals surface area contributed by atoms with E-state index in [0.717, 1.165) is 32.9 Å². The van der Waals surface area contributed by atoms with E-state index in [0.29, 0.717) is 38.5 Å². The van der Waals surface area contributed by atoms with Crippen molar-refractivity contribution in [1.29, 1.82) is 0 Å².